The van der Waals surface area contributed by atoms with Crippen molar-refractivity contribution in [2.45, 2.75) is 38.3 Å². The Labute approximate surface area is 144 Å². The second-order valence-electron chi connectivity index (χ2n) is 6.33. The first-order valence-electron chi connectivity index (χ1n) is 8.54. The van der Waals surface area contributed by atoms with E-state index in [4.69, 9.17) is 0 Å². The summed E-state index contributed by atoms with van der Waals surface area (Å²) >= 11 is 0. The van der Waals surface area contributed by atoms with Gasteiger partial charge in [-0.1, -0.05) is 0 Å². The molecule has 0 spiro atoms. The summed E-state index contributed by atoms with van der Waals surface area (Å²) in [6.07, 6.45) is 11.8. The molecule has 0 saturated carbocycles. The van der Waals surface area contributed by atoms with Crippen molar-refractivity contribution in [1.82, 2.24) is 28.8 Å². The fraction of sp³-hybridized carbons (Fsp3) is 0.412. The van der Waals surface area contributed by atoms with Crippen LogP contribution in [0.1, 0.15) is 37.4 Å². The van der Waals surface area contributed by atoms with Crippen LogP contribution in [0, 0.1) is 0 Å². The van der Waals surface area contributed by atoms with Gasteiger partial charge in [0, 0.05) is 56.1 Å². The number of aromatic amines is 1. The number of fused-ring (bicyclic) bond motifs is 1. The average Bonchev–Trinajstić information content (AvgIpc) is 3.31. The largest absolute Gasteiger partial charge is 0.337 e. The van der Waals surface area contributed by atoms with E-state index in [1.54, 1.807) is 31.0 Å². The third kappa shape index (κ3) is 3.07. The number of imidazole rings is 2. The molecule has 1 aliphatic rings. The normalized spacial score (nSPS) is 17.9. The lowest BCUT2D eigenvalue weighted by Gasteiger charge is -2.35. The van der Waals surface area contributed by atoms with Crippen LogP contribution in [0.3, 0.4) is 0 Å². The molecule has 1 aliphatic heterocycles. The monoisotopic (exact) mass is 340 g/mol. The van der Waals surface area contributed by atoms with Crippen LogP contribution in [0.2, 0.25) is 0 Å². The summed E-state index contributed by atoms with van der Waals surface area (Å²) in [4.78, 5) is 38.3. The molecule has 0 bridgehead atoms. The number of carbonyl (C=O) groups is 1. The summed E-state index contributed by atoms with van der Waals surface area (Å²) in [6.45, 7) is 1.33. The highest BCUT2D eigenvalue weighted by molar-refractivity contribution is 5.76. The second-order valence-corrected chi connectivity index (χ2v) is 6.33. The maximum absolute atomic E-state index is 12.8. The molecule has 1 saturated heterocycles. The fourth-order valence-electron chi connectivity index (χ4n) is 3.46. The molecule has 1 N–H and O–H groups in total. The number of nitrogens with zero attached hydrogens (tertiary/aromatic N) is 5. The minimum atomic E-state index is -0.127. The highest BCUT2D eigenvalue weighted by Gasteiger charge is 2.28. The molecule has 4 rings (SSSR count). The summed E-state index contributed by atoms with van der Waals surface area (Å²) in [7, 11) is 0. The van der Waals surface area contributed by atoms with Crippen molar-refractivity contribution in [3.8, 4) is 0 Å². The first kappa shape index (κ1) is 15.6. The highest BCUT2D eigenvalue weighted by atomic mass is 16.2. The number of hydrogen-bond donors (Lipinski definition) is 1. The van der Waals surface area contributed by atoms with Gasteiger partial charge in [-0.15, -0.1) is 0 Å². The quantitative estimate of drug-likeness (QED) is 0.777. The molecule has 0 radical (unpaired) electrons. The predicted molar refractivity (Wildman–Crippen MR) is 91.0 cm³/mol. The van der Waals surface area contributed by atoms with E-state index in [2.05, 4.69) is 15.0 Å². The molecule has 1 fully saturated rings. The number of amides is 1. The van der Waals surface area contributed by atoms with Crippen molar-refractivity contribution in [3.63, 3.8) is 0 Å². The van der Waals surface area contributed by atoms with E-state index < -0.39 is 0 Å². The molecule has 3 aromatic rings. The third-order valence-electron chi connectivity index (χ3n) is 4.74. The SMILES string of the molecule is O=C(CCn1ccnc1)N1CCCCC1c1cc(=O)n2ccnc2[nH]1. The molecule has 1 unspecified atom stereocenters. The minimum absolute atomic E-state index is 0.0987. The van der Waals surface area contributed by atoms with Gasteiger partial charge in [0.1, 0.15) is 0 Å². The van der Waals surface area contributed by atoms with Crippen molar-refractivity contribution in [3.05, 3.63) is 53.2 Å². The Morgan fingerprint density at radius 1 is 1.28 bits per heavy atom. The van der Waals surface area contributed by atoms with Crippen LogP contribution in [-0.2, 0) is 11.3 Å². The van der Waals surface area contributed by atoms with Crippen LogP contribution < -0.4 is 5.56 Å². The van der Waals surface area contributed by atoms with Crippen molar-refractivity contribution < 1.29 is 4.79 Å². The maximum atomic E-state index is 12.8. The number of likely N-dealkylation sites (tertiary alicyclic amines) is 1. The number of rotatable bonds is 4. The smallest absolute Gasteiger partial charge is 0.259 e. The zero-order valence-electron chi connectivity index (χ0n) is 13.8. The first-order valence-corrected chi connectivity index (χ1v) is 8.54. The molecule has 8 nitrogen and oxygen atoms in total. The lowest BCUT2D eigenvalue weighted by Crippen LogP contribution is -2.39. The molecule has 1 atom stereocenters. The van der Waals surface area contributed by atoms with Crippen LogP contribution in [-0.4, -0.2) is 41.3 Å². The van der Waals surface area contributed by atoms with Crippen LogP contribution in [0.4, 0.5) is 0 Å². The van der Waals surface area contributed by atoms with E-state index >= 15 is 0 Å². The van der Waals surface area contributed by atoms with E-state index in [-0.39, 0.29) is 17.5 Å². The lowest BCUT2D eigenvalue weighted by atomic mass is 9.98. The van der Waals surface area contributed by atoms with Gasteiger partial charge in [-0.3, -0.25) is 14.0 Å². The Morgan fingerprint density at radius 2 is 2.20 bits per heavy atom. The van der Waals surface area contributed by atoms with Gasteiger partial charge in [0.25, 0.3) is 5.56 Å². The molecule has 130 valence electrons. The van der Waals surface area contributed by atoms with E-state index in [0.29, 0.717) is 18.7 Å². The summed E-state index contributed by atoms with van der Waals surface area (Å²) < 4.78 is 3.37. The summed E-state index contributed by atoms with van der Waals surface area (Å²) in [5, 5.41) is 0. The third-order valence-corrected chi connectivity index (χ3v) is 4.74. The van der Waals surface area contributed by atoms with Gasteiger partial charge in [0.05, 0.1) is 12.4 Å². The van der Waals surface area contributed by atoms with Gasteiger partial charge >= 0.3 is 0 Å². The van der Waals surface area contributed by atoms with Crippen LogP contribution >= 0.6 is 0 Å². The number of carbonyl (C=O) groups excluding carboxylic acids is 1. The Hall–Kier alpha value is -2.90. The molecule has 0 aromatic carbocycles. The number of aryl methyl sites for hydroxylation is 1. The molecule has 8 heteroatoms. The van der Waals surface area contributed by atoms with Gasteiger partial charge < -0.3 is 14.5 Å². The molecule has 0 aliphatic carbocycles. The Morgan fingerprint density at radius 3 is 3.04 bits per heavy atom. The van der Waals surface area contributed by atoms with Crippen LogP contribution in [0.5, 0.6) is 0 Å². The molecule has 4 heterocycles. The average molecular weight is 340 g/mol. The second kappa shape index (κ2) is 6.54. The van der Waals surface area contributed by atoms with Crippen molar-refractivity contribution in [1.29, 1.82) is 0 Å². The standard InChI is InChI=1S/C17H20N6O2/c24-15(4-8-21-9-5-18-12-21)22-7-2-1-3-14(22)13-11-16(25)23-10-6-19-17(23)20-13/h5-6,9-12,14H,1-4,7-8H2,(H,19,20). The fourth-order valence-corrected chi connectivity index (χ4v) is 3.46. The molecular formula is C17H20N6O2. The number of piperidine rings is 1. The summed E-state index contributed by atoms with van der Waals surface area (Å²) in [5.41, 5.74) is 0.636. The van der Waals surface area contributed by atoms with Gasteiger partial charge in [0.2, 0.25) is 11.7 Å². The lowest BCUT2D eigenvalue weighted by molar-refractivity contribution is -0.135. The number of aromatic nitrogens is 5. The Kier molecular flexibility index (Phi) is 4.09. The molecule has 25 heavy (non-hydrogen) atoms. The number of H-pyrrole nitrogens is 1. The van der Waals surface area contributed by atoms with Gasteiger partial charge in [-0.05, 0) is 19.3 Å². The number of hydrogen-bond acceptors (Lipinski definition) is 4. The Bertz CT molecular complexity index is 926. The van der Waals surface area contributed by atoms with Gasteiger partial charge in [0.15, 0.2) is 0 Å². The molecule has 1 amide bonds. The van der Waals surface area contributed by atoms with E-state index in [0.717, 1.165) is 31.5 Å². The van der Waals surface area contributed by atoms with E-state index in [1.807, 2.05) is 15.7 Å². The van der Waals surface area contributed by atoms with E-state index in [9.17, 15) is 9.59 Å². The van der Waals surface area contributed by atoms with Crippen LogP contribution in [0.15, 0.2) is 42.0 Å². The van der Waals surface area contributed by atoms with Crippen molar-refractivity contribution >= 4 is 11.7 Å². The van der Waals surface area contributed by atoms with Crippen molar-refractivity contribution in [2.24, 2.45) is 0 Å². The predicted octanol–water partition coefficient (Wildman–Crippen LogP) is 1.36. The number of nitrogens with one attached hydrogen (secondary N) is 1. The topological polar surface area (TPSA) is 88.3 Å². The van der Waals surface area contributed by atoms with E-state index in [1.165, 1.54) is 4.40 Å². The zero-order chi connectivity index (χ0) is 17.2. The maximum Gasteiger partial charge on any atom is 0.259 e. The van der Waals surface area contributed by atoms with Gasteiger partial charge in [-0.25, -0.2) is 9.97 Å². The summed E-state index contributed by atoms with van der Waals surface area (Å²) in [5.74, 6) is 0.612. The molecular weight excluding hydrogens is 320 g/mol. The minimum Gasteiger partial charge on any atom is -0.337 e. The molecule has 3 aromatic heterocycles. The zero-order valence-corrected chi connectivity index (χ0v) is 13.8. The Balaban J connectivity index is 1.57. The van der Waals surface area contributed by atoms with Crippen LogP contribution in [0.25, 0.3) is 5.78 Å². The van der Waals surface area contributed by atoms with Gasteiger partial charge in [-0.2, -0.15) is 0 Å². The highest BCUT2D eigenvalue weighted by Crippen LogP contribution is 2.30. The van der Waals surface area contributed by atoms with Crippen molar-refractivity contribution in [2.75, 3.05) is 6.54 Å². The first-order chi connectivity index (χ1) is 12.2. The summed E-state index contributed by atoms with van der Waals surface area (Å²) in [6, 6.07) is 1.49.